The van der Waals surface area contributed by atoms with E-state index in [-0.39, 0.29) is 5.82 Å². The molecule has 1 heterocycles. The van der Waals surface area contributed by atoms with Gasteiger partial charge in [0, 0.05) is 0 Å². The Hall–Kier alpha value is -0.910. The summed E-state index contributed by atoms with van der Waals surface area (Å²) in [6, 6.07) is 0. The van der Waals surface area contributed by atoms with E-state index in [1.54, 1.807) is 6.92 Å². The quantitative estimate of drug-likeness (QED) is 0.531. The van der Waals surface area contributed by atoms with Gasteiger partial charge in [-0.1, -0.05) is 0 Å². The van der Waals surface area contributed by atoms with Crippen LogP contribution < -0.4 is 0 Å². The number of hydrogen-bond donors (Lipinski definition) is 0. The molecule has 0 spiro atoms. The Morgan fingerprint density at radius 1 is 1.82 bits per heavy atom. The number of hydrogen-bond acceptors (Lipinski definition) is 3. The maximum absolute atomic E-state index is 10.3. The molecule has 0 atom stereocenters. The van der Waals surface area contributed by atoms with Gasteiger partial charge < -0.3 is 10.1 Å². The minimum absolute atomic E-state index is 0.197. The van der Waals surface area contributed by atoms with E-state index in [4.69, 9.17) is 0 Å². The molecule has 1 aromatic heterocycles. The van der Waals surface area contributed by atoms with Gasteiger partial charge in [-0.15, -0.1) is 0 Å². The van der Waals surface area contributed by atoms with Crippen molar-refractivity contribution in [1.29, 1.82) is 0 Å². The first-order chi connectivity index (χ1) is 5.04. The van der Waals surface area contributed by atoms with Gasteiger partial charge in [-0.2, -0.15) is 4.68 Å². The van der Waals surface area contributed by atoms with Crippen molar-refractivity contribution in [2.45, 2.75) is 6.92 Å². The molecule has 0 saturated carbocycles. The van der Waals surface area contributed by atoms with Crippen molar-refractivity contribution in [3.8, 4) is 0 Å². The fraction of sp³-hybridized carbons (Fsp3) is 0.200. The summed E-state index contributed by atoms with van der Waals surface area (Å²) in [6.07, 6.45) is 0. The molecule has 0 amide bonds. The number of aromatic nitrogens is 2. The molecule has 1 aromatic rings. The largest absolute Gasteiger partial charge is 0.404 e. The van der Waals surface area contributed by atoms with Crippen LogP contribution in [0, 0.1) is 24.1 Å². The van der Waals surface area contributed by atoms with Gasteiger partial charge in [0.05, 0.1) is 17.8 Å². The predicted molar refractivity (Wildman–Crippen MR) is 42.1 cm³/mol. The molecule has 11 heavy (non-hydrogen) atoms. The second-order valence-electron chi connectivity index (χ2n) is 1.98. The van der Waals surface area contributed by atoms with E-state index < -0.39 is 4.92 Å². The summed E-state index contributed by atoms with van der Waals surface area (Å²) in [5.74, 6) is -0.197. The topological polar surface area (TPSA) is 61.0 Å². The first-order valence-corrected chi connectivity index (χ1v) is 3.53. The van der Waals surface area contributed by atoms with Crippen LogP contribution in [0.4, 0.5) is 5.82 Å². The van der Waals surface area contributed by atoms with Crippen molar-refractivity contribution in [2.24, 2.45) is 0 Å². The van der Waals surface area contributed by atoms with Gasteiger partial charge in [-0.05, 0) is 27.8 Å². The summed E-state index contributed by atoms with van der Waals surface area (Å²) in [4.78, 5) is 9.70. The highest BCUT2D eigenvalue weighted by Gasteiger charge is 2.20. The summed E-state index contributed by atoms with van der Waals surface area (Å²) in [6.45, 7) is 1.69. The van der Waals surface area contributed by atoms with Crippen LogP contribution in [-0.4, -0.2) is 14.7 Å². The van der Waals surface area contributed by atoms with Gasteiger partial charge in [-0.25, -0.2) is 0 Å². The molecule has 6 heteroatoms. The number of nitro groups is 1. The molecule has 5 nitrogen and oxygen atoms in total. The maximum atomic E-state index is 10.3. The van der Waals surface area contributed by atoms with Gasteiger partial charge in [0.15, 0.2) is 0 Å². The molecule has 0 aliphatic heterocycles. The first-order valence-electron chi connectivity index (χ1n) is 2.74. The lowest BCUT2D eigenvalue weighted by atomic mass is 10.5. The van der Waals surface area contributed by atoms with Crippen molar-refractivity contribution < 1.29 is 4.92 Å². The third kappa shape index (κ3) is 1.25. The third-order valence-corrected chi connectivity index (χ3v) is 2.22. The minimum atomic E-state index is -0.557. The Kier molecular flexibility index (Phi) is 1.95. The molecule has 0 aliphatic carbocycles. The molecule has 59 valence electrons. The maximum Gasteiger partial charge on any atom is 0.404 e. The second-order valence-corrected chi connectivity index (χ2v) is 2.77. The molecule has 0 fully saturated rings. The smallest absolute Gasteiger partial charge is 0.358 e. The lowest BCUT2D eigenvalue weighted by molar-refractivity contribution is -0.390. The van der Waals surface area contributed by atoms with Crippen LogP contribution in [0.5, 0.6) is 0 Å². The molecule has 0 saturated heterocycles. The molecule has 0 bridgehead atoms. The van der Waals surface area contributed by atoms with Crippen LogP contribution in [0.3, 0.4) is 0 Å². The van der Waals surface area contributed by atoms with E-state index in [9.17, 15) is 10.1 Å². The fourth-order valence-electron chi connectivity index (χ4n) is 0.625. The summed E-state index contributed by atoms with van der Waals surface area (Å²) in [5, 5.41) is 13.8. The van der Waals surface area contributed by atoms with Crippen molar-refractivity contribution in [2.75, 3.05) is 0 Å². The van der Waals surface area contributed by atoms with Crippen LogP contribution in [0.2, 0.25) is 0 Å². The summed E-state index contributed by atoms with van der Waals surface area (Å²) in [5.41, 5.74) is 0.636. The average Bonchev–Trinajstić information content (AvgIpc) is 2.17. The van der Waals surface area contributed by atoms with Gasteiger partial charge >= 0.3 is 5.82 Å². The monoisotopic (exact) mass is 218 g/mol. The highest BCUT2D eigenvalue weighted by Crippen LogP contribution is 2.25. The Labute approximate surface area is 71.3 Å². The fourth-order valence-corrected chi connectivity index (χ4v) is 1.05. The van der Waals surface area contributed by atoms with Gasteiger partial charge in [0.2, 0.25) is 0 Å². The van der Waals surface area contributed by atoms with Crippen LogP contribution in [0.25, 0.3) is 0 Å². The molecule has 0 aromatic carbocycles. The lowest BCUT2D eigenvalue weighted by Crippen LogP contribution is -1.92. The summed E-state index contributed by atoms with van der Waals surface area (Å²) >= 11 is 3.04. The number of rotatable bonds is 1. The minimum Gasteiger partial charge on any atom is -0.358 e. The van der Waals surface area contributed by atoms with Gasteiger partial charge in [-0.3, -0.25) is 0 Å². The van der Waals surface area contributed by atoms with E-state index in [0.717, 1.165) is 0 Å². The molecule has 1 radical (unpaired) electrons. The summed E-state index contributed by atoms with van der Waals surface area (Å²) < 4.78 is 1.60. The third-order valence-electron chi connectivity index (χ3n) is 1.29. The van der Waals surface area contributed by atoms with Crippen molar-refractivity contribution in [3.05, 3.63) is 27.3 Å². The number of halogens is 1. The van der Waals surface area contributed by atoms with E-state index in [1.807, 2.05) is 0 Å². The Bertz CT molecular complexity index is 307. The molecule has 0 N–H and O–H groups in total. The van der Waals surface area contributed by atoms with Crippen molar-refractivity contribution >= 4 is 21.7 Å². The first kappa shape index (κ1) is 8.19. The highest BCUT2D eigenvalue weighted by atomic mass is 79.9. The Morgan fingerprint density at radius 2 is 2.36 bits per heavy atom. The zero-order valence-corrected chi connectivity index (χ0v) is 7.33. The molecule has 0 aliphatic rings. The number of nitrogens with zero attached hydrogens (tertiary/aromatic N) is 3. The molecular weight excluding hydrogens is 214 g/mol. The molecule has 0 unspecified atom stereocenters. The predicted octanol–water partition coefficient (Wildman–Crippen LogP) is 1.50. The standard InChI is InChI=1S/C5H5BrN3O2/c1-3-4(6)5(9(10)11)7-8(3)2/h2H2,1H3. The average molecular weight is 219 g/mol. The van der Waals surface area contributed by atoms with Crippen LogP contribution in [0.15, 0.2) is 4.47 Å². The van der Waals surface area contributed by atoms with E-state index in [1.165, 1.54) is 4.68 Å². The molecular formula is C5H5BrN3O2. The zero-order valence-electron chi connectivity index (χ0n) is 5.74. The highest BCUT2D eigenvalue weighted by molar-refractivity contribution is 9.10. The van der Waals surface area contributed by atoms with Crippen molar-refractivity contribution in [3.63, 3.8) is 0 Å². The normalized spacial score (nSPS) is 10.1. The van der Waals surface area contributed by atoms with E-state index in [0.29, 0.717) is 10.2 Å². The van der Waals surface area contributed by atoms with Crippen molar-refractivity contribution in [1.82, 2.24) is 9.78 Å². The summed E-state index contributed by atoms with van der Waals surface area (Å²) in [7, 11) is 3.46. The Balaban J connectivity index is 3.29. The van der Waals surface area contributed by atoms with E-state index >= 15 is 0 Å². The second kappa shape index (κ2) is 2.61. The van der Waals surface area contributed by atoms with Gasteiger partial charge in [0.1, 0.15) is 4.47 Å². The van der Waals surface area contributed by atoms with E-state index in [2.05, 4.69) is 28.1 Å². The Morgan fingerprint density at radius 3 is 2.55 bits per heavy atom. The SMILES string of the molecule is [CH2]n1nc([N+](=O)[O-])c(Br)c1C. The lowest BCUT2D eigenvalue weighted by Gasteiger charge is -1.86. The van der Waals surface area contributed by atoms with Crippen LogP contribution in [-0.2, 0) is 0 Å². The molecule has 1 rings (SSSR count). The van der Waals surface area contributed by atoms with Gasteiger partial charge in [0.25, 0.3) is 0 Å². The van der Waals surface area contributed by atoms with Crippen LogP contribution >= 0.6 is 15.9 Å². The zero-order chi connectivity index (χ0) is 8.59. The van der Waals surface area contributed by atoms with Crippen LogP contribution in [0.1, 0.15) is 5.69 Å².